The van der Waals surface area contributed by atoms with E-state index in [9.17, 15) is 9.59 Å². The first-order chi connectivity index (χ1) is 7.98. The molecular formula is C12H10ClNO3. The second kappa shape index (κ2) is 3.01. The number of nitrogens with zero attached hydrogens (tertiary/aromatic N) is 1. The number of carbonyl (C=O) groups excluding carboxylic acids is 1. The summed E-state index contributed by atoms with van der Waals surface area (Å²) in [6.07, 6.45) is 0.374. The lowest BCUT2D eigenvalue weighted by Gasteiger charge is -2.09. The summed E-state index contributed by atoms with van der Waals surface area (Å²) in [7, 11) is 1.67. The molecule has 88 valence electrons. The molecule has 1 aromatic carbocycles. The molecule has 1 fully saturated rings. The second-order valence-corrected chi connectivity index (χ2v) is 5.03. The number of halogens is 1. The van der Waals surface area contributed by atoms with Gasteiger partial charge in [-0.1, -0.05) is 11.6 Å². The highest BCUT2D eigenvalue weighted by atomic mass is 35.5. The molecule has 0 radical (unpaired) electrons. The third-order valence-electron chi connectivity index (χ3n) is 3.75. The monoisotopic (exact) mass is 251 g/mol. The molecule has 1 N–H and O–H groups in total. The Morgan fingerprint density at radius 2 is 2.29 bits per heavy atom. The van der Waals surface area contributed by atoms with E-state index in [1.54, 1.807) is 25.2 Å². The van der Waals surface area contributed by atoms with Gasteiger partial charge in [0.25, 0.3) is 0 Å². The van der Waals surface area contributed by atoms with Gasteiger partial charge in [-0.2, -0.15) is 0 Å². The molecule has 1 spiro atoms. The van der Waals surface area contributed by atoms with Crippen molar-refractivity contribution in [2.45, 2.75) is 11.8 Å². The Bertz CT molecular complexity index is 557. The molecule has 3 rings (SSSR count). The number of carboxylic acids is 1. The molecule has 4 nitrogen and oxygen atoms in total. The summed E-state index contributed by atoms with van der Waals surface area (Å²) in [5, 5.41) is 9.60. The van der Waals surface area contributed by atoms with Crippen LogP contribution in [-0.2, 0) is 15.0 Å². The van der Waals surface area contributed by atoms with E-state index in [2.05, 4.69) is 0 Å². The first-order valence-corrected chi connectivity index (χ1v) is 5.67. The van der Waals surface area contributed by atoms with Crippen LogP contribution in [0.15, 0.2) is 18.2 Å². The SMILES string of the molecule is CN1C(=O)[C@@]2(C[C@@H]2C(=O)O)c2cc(Cl)ccc21. The number of benzene rings is 1. The number of likely N-dealkylation sites (N-methyl/N-ethyl adjacent to an activating group) is 1. The number of anilines is 1. The standard InChI is InChI=1S/C12H10ClNO3/c1-14-9-3-2-6(13)4-7(9)12(11(14)17)5-8(12)10(15)16/h2-4,8H,5H2,1H3,(H,15,16)/t8-,12+/m1/s1. The summed E-state index contributed by atoms with van der Waals surface area (Å²) in [6, 6.07) is 5.18. The van der Waals surface area contributed by atoms with Crippen LogP contribution >= 0.6 is 11.6 Å². The van der Waals surface area contributed by atoms with Crippen molar-refractivity contribution in [1.29, 1.82) is 0 Å². The van der Waals surface area contributed by atoms with Crippen LogP contribution in [0.25, 0.3) is 0 Å². The molecule has 0 saturated heterocycles. The minimum absolute atomic E-state index is 0.137. The highest BCUT2D eigenvalue weighted by Crippen LogP contribution is 2.61. The normalized spacial score (nSPS) is 29.6. The fraction of sp³-hybridized carbons (Fsp3) is 0.333. The zero-order chi connectivity index (χ0) is 12.4. The number of fused-ring (bicyclic) bond motifs is 2. The largest absolute Gasteiger partial charge is 0.481 e. The molecule has 2 aliphatic rings. The van der Waals surface area contributed by atoms with E-state index in [-0.39, 0.29) is 5.91 Å². The van der Waals surface area contributed by atoms with E-state index in [1.165, 1.54) is 4.90 Å². The van der Waals surface area contributed by atoms with E-state index in [4.69, 9.17) is 16.7 Å². The lowest BCUT2D eigenvalue weighted by atomic mass is 9.95. The lowest BCUT2D eigenvalue weighted by molar-refractivity contribution is -0.140. The maximum Gasteiger partial charge on any atom is 0.307 e. The van der Waals surface area contributed by atoms with Gasteiger partial charge in [0.2, 0.25) is 5.91 Å². The molecule has 1 aliphatic heterocycles. The number of aliphatic carboxylic acids is 1. The van der Waals surface area contributed by atoms with Gasteiger partial charge < -0.3 is 10.0 Å². The quantitative estimate of drug-likeness (QED) is 0.826. The Labute approximate surface area is 103 Å². The predicted molar refractivity (Wildman–Crippen MR) is 62.3 cm³/mol. The van der Waals surface area contributed by atoms with Crippen molar-refractivity contribution in [3.63, 3.8) is 0 Å². The molecule has 1 aliphatic carbocycles. The van der Waals surface area contributed by atoms with Gasteiger partial charge >= 0.3 is 5.97 Å². The Kier molecular flexibility index (Phi) is 1.88. The van der Waals surface area contributed by atoms with Crippen LogP contribution in [0.3, 0.4) is 0 Å². The second-order valence-electron chi connectivity index (χ2n) is 4.59. The number of carbonyl (C=O) groups is 2. The smallest absolute Gasteiger partial charge is 0.307 e. The van der Waals surface area contributed by atoms with Crippen molar-refractivity contribution in [1.82, 2.24) is 0 Å². The number of carboxylic acid groups (broad SMARTS) is 1. The van der Waals surface area contributed by atoms with E-state index in [0.29, 0.717) is 11.4 Å². The molecule has 0 bridgehead atoms. The van der Waals surface area contributed by atoms with E-state index in [1.807, 2.05) is 0 Å². The number of rotatable bonds is 1. The van der Waals surface area contributed by atoms with Gasteiger partial charge in [0.15, 0.2) is 0 Å². The van der Waals surface area contributed by atoms with Crippen LogP contribution in [0.4, 0.5) is 5.69 Å². The van der Waals surface area contributed by atoms with E-state index in [0.717, 1.165) is 11.3 Å². The Balaban J connectivity index is 2.18. The third-order valence-corrected chi connectivity index (χ3v) is 3.98. The molecule has 2 atom stereocenters. The number of amides is 1. The Morgan fingerprint density at radius 3 is 2.88 bits per heavy atom. The van der Waals surface area contributed by atoms with Crippen molar-refractivity contribution in [3.8, 4) is 0 Å². The van der Waals surface area contributed by atoms with Crippen LogP contribution in [0.2, 0.25) is 5.02 Å². The van der Waals surface area contributed by atoms with Gasteiger partial charge in [-0.05, 0) is 30.2 Å². The highest BCUT2D eigenvalue weighted by Gasteiger charge is 2.69. The van der Waals surface area contributed by atoms with Gasteiger partial charge in [-0.15, -0.1) is 0 Å². The van der Waals surface area contributed by atoms with Gasteiger partial charge in [-0.25, -0.2) is 0 Å². The summed E-state index contributed by atoms with van der Waals surface area (Å²) >= 11 is 5.92. The molecule has 1 aromatic rings. The van der Waals surface area contributed by atoms with E-state index < -0.39 is 17.3 Å². The Morgan fingerprint density at radius 1 is 1.59 bits per heavy atom. The van der Waals surface area contributed by atoms with Crippen LogP contribution in [0, 0.1) is 5.92 Å². The van der Waals surface area contributed by atoms with Crippen LogP contribution < -0.4 is 4.90 Å². The van der Waals surface area contributed by atoms with E-state index >= 15 is 0 Å². The van der Waals surface area contributed by atoms with Gasteiger partial charge in [-0.3, -0.25) is 9.59 Å². The summed E-state index contributed by atoms with van der Waals surface area (Å²) in [5.41, 5.74) is 0.661. The van der Waals surface area contributed by atoms with Crippen LogP contribution in [0.5, 0.6) is 0 Å². The summed E-state index contributed by atoms with van der Waals surface area (Å²) in [5.74, 6) is -1.67. The molecule has 0 aromatic heterocycles. The molecular weight excluding hydrogens is 242 g/mol. The molecule has 5 heteroatoms. The van der Waals surface area contributed by atoms with Crippen molar-refractivity contribution in [3.05, 3.63) is 28.8 Å². The average molecular weight is 252 g/mol. The number of hydrogen-bond donors (Lipinski definition) is 1. The molecule has 1 heterocycles. The first kappa shape index (κ1) is 10.6. The third kappa shape index (κ3) is 1.13. The fourth-order valence-electron chi connectivity index (χ4n) is 2.78. The average Bonchev–Trinajstić information content (AvgIpc) is 2.99. The minimum atomic E-state index is -0.917. The number of hydrogen-bond acceptors (Lipinski definition) is 2. The summed E-state index contributed by atoms with van der Waals surface area (Å²) < 4.78 is 0. The van der Waals surface area contributed by atoms with Crippen molar-refractivity contribution < 1.29 is 14.7 Å². The Hall–Kier alpha value is -1.55. The fourth-order valence-corrected chi connectivity index (χ4v) is 2.95. The maximum absolute atomic E-state index is 12.2. The predicted octanol–water partition coefficient (Wildman–Crippen LogP) is 1.66. The minimum Gasteiger partial charge on any atom is -0.481 e. The van der Waals surface area contributed by atoms with Crippen LogP contribution in [-0.4, -0.2) is 24.0 Å². The van der Waals surface area contributed by atoms with Crippen molar-refractivity contribution >= 4 is 29.2 Å². The molecule has 1 amide bonds. The summed E-state index contributed by atoms with van der Waals surface area (Å²) in [6.45, 7) is 0. The topological polar surface area (TPSA) is 57.6 Å². The zero-order valence-electron chi connectivity index (χ0n) is 9.11. The zero-order valence-corrected chi connectivity index (χ0v) is 9.86. The first-order valence-electron chi connectivity index (χ1n) is 5.29. The van der Waals surface area contributed by atoms with Crippen molar-refractivity contribution in [2.75, 3.05) is 11.9 Å². The van der Waals surface area contributed by atoms with Crippen LogP contribution in [0.1, 0.15) is 12.0 Å². The summed E-state index contributed by atoms with van der Waals surface area (Å²) in [4.78, 5) is 24.8. The molecule has 0 unspecified atom stereocenters. The van der Waals surface area contributed by atoms with Gasteiger partial charge in [0, 0.05) is 17.8 Å². The van der Waals surface area contributed by atoms with Gasteiger partial charge in [0.1, 0.15) is 0 Å². The van der Waals surface area contributed by atoms with Crippen molar-refractivity contribution in [2.24, 2.45) is 5.92 Å². The molecule has 1 saturated carbocycles. The van der Waals surface area contributed by atoms with Gasteiger partial charge in [0.05, 0.1) is 11.3 Å². The molecule has 17 heavy (non-hydrogen) atoms. The highest BCUT2D eigenvalue weighted by molar-refractivity contribution is 6.31. The lowest BCUT2D eigenvalue weighted by Crippen LogP contribution is -2.30. The maximum atomic E-state index is 12.2.